The van der Waals surface area contributed by atoms with Gasteiger partial charge in [0.15, 0.2) is 0 Å². The smallest absolute Gasteiger partial charge is 0.870 e. The summed E-state index contributed by atoms with van der Waals surface area (Å²) in [6.45, 7) is 0. The van der Waals surface area contributed by atoms with Crippen molar-refractivity contribution >= 4 is 68.9 Å². The van der Waals surface area contributed by atoms with Gasteiger partial charge in [-0.25, -0.2) is 19.2 Å². The van der Waals surface area contributed by atoms with Gasteiger partial charge in [0.25, 0.3) is 0 Å². The van der Waals surface area contributed by atoms with Crippen LogP contribution in [0.1, 0.15) is 63.9 Å². The quantitative estimate of drug-likeness (QED) is 0.135. The molecule has 0 aliphatic heterocycles. The average Bonchev–Trinajstić information content (AvgIpc) is 3.13. The maximum atomic E-state index is 12.1. The predicted molar refractivity (Wildman–Crippen MR) is 191 cm³/mol. The molecule has 0 bridgehead atoms. The number of fused-ring (bicyclic) bond motifs is 2. The Morgan fingerprint density at radius 2 is 1.02 bits per heavy atom. The van der Waals surface area contributed by atoms with E-state index >= 15 is 0 Å². The van der Waals surface area contributed by atoms with Gasteiger partial charge in [0.2, 0.25) is 0 Å². The normalized spacial score (nSPS) is 10.2. The van der Waals surface area contributed by atoms with E-state index in [1.54, 1.807) is 42.6 Å². The summed E-state index contributed by atoms with van der Waals surface area (Å²) in [5.74, 6) is -2.44. The first-order chi connectivity index (χ1) is 24.5. The van der Waals surface area contributed by atoms with Crippen molar-refractivity contribution in [2.24, 2.45) is 0 Å². The minimum absolute atomic E-state index is 0. The number of aromatic carboxylic acids is 1. The zero-order chi connectivity index (χ0) is 36.7. The standard InChI is InChI=1S/C19H15ClN2O4.C18H13ClN2O4.Li.H2O/c1-25-18(23)12-3-4-21-15(9-12)6-11-5-13-8-14(20)10-22-17(13)16(7-11)19(24)26-2;1-25-18(24)15-6-10(4-12-7-13(19)9-21-16(12)15)5-14-8-11(17(22)23)2-3-20-14;;/h3-5,7-10H,6H2,1-2H3;2-4,6-9H,5H2,1H3,(H,22,23);;1H2/q;;+1;/p-1. The van der Waals surface area contributed by atoms with Gasteiger partial charge in [-0.3, -0.25) is 19.9 Å². The molecule has 0 atom stereocenters. The fourth-order valence-electron chi connectivity index (χ4n) is 5.25. The third-order valence-electron chi connectivity index (χ3n) is 7.50. The first-order valence-electron chi connectivity index (χ1n) is 15.0. The van der Waals surface area contributed by atoms with Crippen molar-refractivity contribution in [2.75, 3.05) is 21.3 Å². The van der Waals surface area contributed by atoms with E-state index in [-0.39, 0.29) is 29.9 Å². The Labute approximate surface area is 324 Å². The van der Waals surface area contributed by atoms with Gasteiger partial charge in [0.1, 0.15) is 0 Å². The number of carboxylic acid groups (broad SMARTS) is 1. The number of methoxy groups -OCH3 is 3. The van der Waals surface area contributed by atoms with Crippen molar-refractivity contribution in [3.8, 4) is 0 Å². The monoisotopic (exact) mass is 750 g/mol. The molecule has 13 nitrogen and oxygen atoms in total. The van der Waals surface area contributed by atoms with Crippen molar-refractivity contribution < 1.29 is 62.8 Å². The van der Waals surface area contributed by atoms with Crippen LogP contribution in [0, 0.1) is 0 Å². The number of halogens is 2. The van der Waals surface area contributed by atoms with Crippen LogP contribution < -0.4 is 18.9 Å². The van der Waals surface area contributed by atoms with E-state index in [1.807, 2.05) is 12.1 Å². The summed E-state index contributed by atoms with van der Waals surface area (Å²) >= 11 is 12.0. The van der Waals surface area contributed by atoms with Gasteiger partial charge in [-0.2, -0.15) is 0 Å². The van der Waals surface area contributed by atoms with E-state index in [0.717, 1.165) is 16.5 Å². The molecular weight excluding hydrogens is 722 g/mol. The molecule has 266 valence electrons. The van der Waals surface area contributed by atoms with Crippen LogP contribution in [0.25, 0.3) is 21.8 Å². The van der Waals surface area contributed by atoms with E-state index < -0.39 is 23.9 Å². The fraction of sp³-hybridized carbons (Fsp3) is 0.135. The van der Waals surface area contributed by atoms with Gasteiger partial charge in [-0.1, -0.05) is 23.2 Å². The Bertz CT molecular complexity index is 2330. The van der Waals surface area contributed by atoms with Gasteiger partial charge in [-0.15, -0.1) is 0 Å². The number of benzene rings is 2. The van der Waals surface area contributed by atoms with Crippen LogP contribution >= 0.6 is 23.2 Å². The number of pyridine rings is 4. The number of carbonyl (C=O) groups is 4. The van der Waals surface area contributed by atoms with Crippen LogP contribution in [-0.2, 0) is 27.1 Å². The number of hydrogen-bond donors (Lipinski definition) is 1. The average molecular weight is 752 g/mol. The first-order valence-corrected chi connectivity index (χ1v) is 15.8. The molecule has 6 aromatic rings. The molecule has 0 aliphatic carbocycles. The number of ether oxygens (including phenoxy) is 3. The molecule has 0 saturated carbocycles. The minimum Gasteiger partial charge on any atom is -0.870 e. The van der Waals surface area contributed by atoms with E-state index in [9.17, 15) is 19.2 Å². The second kappa shape index (κ2) is 18.9. The van der Waals surface area contributed by atoms with Crippen LogP contribution in [0.5, 0.6) is 0 Å². The number of rotatable bonds is 8. The molecular formula is C37H29Cl2LiN4O9. The van der Waals surface area contributed by atoms with E-state index in [0.29, 0.717) is 67.4 Å². The Morgan fingerprint density at radius 1 is 0.604 bits per heavy atom. The molecule has 0 radical (unpaired) electrons. The maximum Gasteiger partial charge on any atom is 1.00 e. The molecule has 6 rings (SSSR count). The Morgan fingerprint density at radius 3 is 1.43 bits per heavy atom. The summed E-state index contributed by atoms with van der Waals surface area (Å²) < 4.78 is 14.4. The topological polar surface area (TPSA) is 198 Å². The van der Waals surface area contributed by atoms with Crippen LogP contribution in [0.3, 0.4) is 0 Å². The Hall–Kier alpha value is -5.42. The molecule has 0 amide bonds. The second-order valence-corrected chi connectivity index (χ2v) is 11.8. The van der Waals surface area contributed by atoms with Crippen LogP contribution in [0.2, 0.25) is 10.0 Å². The summed E-state index contributed by atoms with van der Waals surface area (Å²) in [6, 6.07) is 16.7. The summed E-state index contributed by atoms with van der Waals surface area (Å²) in [5, 5.41) is 11.4. The number of carbonyl (C=O) groups excluding carboxylic acids is 3. The van der Waals surface area contributed by atoms with E-state index in [2.05, 4.69) is 19.9 Å². The Kier molecular flexibility index (Phi) is 15.0. The third kappa shape index (κ3) is 10.3. The molecule has 2 aromatic carbocycles. The molecule has 0 fully saturated rings. The van der Waals surface area contributed by atoms with Crippen molar-refractivity contribution in [3.63, 3.8) is 0 Å². The van der Waals surface area contributed by atoms with Gasteiger partial charge in [0, 0.05) is 59.8 Å². The van der Waals surface area contributed by atoms with Gasteiger partial charge >= 0.3 is 42.7 Å². The van der Waals surface area contributed by atoms with Crippen molar-refractivity contribution in [3.05, 3.63) is 140 Å². The summed E-state index contributed by atoms with van der Waals surface area (Å²) in [7, 11) is 3.94. The zero-order valence-corrected chi connectivity index (χ0v) is 30.3. The van der Waals surface area contributed by atoms with Crippen LogP contribution in [0.15, 0.2) is 85.5 Å². The molecule has 0 aliphatic rings. The van der Waals surface area contributed by atoms with E-state index in [4.69, 9.17) is 42.5 Å². The van der Waals surface area contributed by atoms with Crippen LogP contribution in [-0.4, -0.2) is 75.7 Å². The van der Waals surface area contributed by atoms with E-state index in [1.165, 1.54) is 52.1 Å². The molecule has 0 spiro atoms. The summed E-state index contributed by atoms with van der Waals surface area (Å²) in [6.07, 6.45) is 6.71. The minimum atomic E-state index is -1.02. The van der Waals surface area contributed by atoms with Crippen molar-refractivity contribution in [1.29, 1.82) is 0 Å². The summed E-state index contributed by atoms with van der Waals surface area (Å²) in [4.78, 5) is 63.9. The maximum absolute atomic E-state index is 12.1. The van der Waals surface area contributed by atoms with Gasteiger partial charge in [0.05, 0.1) is 64.7 Å². The second-order valence-electron chi connectivity index (χ2n) is 10.9. The number of carboxylic acids is 1. The molecule has 16 heteroatoms. The molecule has 4 aromatic heterocycles. The van der Waals surface area contributed by atoms with Crippen molar-refractivity contribution in [1.82, 2.24) is 19.9 Å². The number of hydrogen-bond acceptors (Lipinski definition) is 12. The van der Waals surface area contributed by atoms with Gasteiger partial charge in [-0.05, 0) is 71.8 Å². The first kappa shape index (κ1) is 42.0. The number of esters is 3. The summed E-state index contributed by atoms with van der Waals surface area (Å²) in [5.41, 5.74) is 5.07. The number of nitrogens with zero attached hydrogens (tertiary/aromatic N) is 4. The number of aromatic nitrogens is 4. The largest absolute Gasteiger partial charge is 1.00 e. The molecule has 0 saturated heterocycles. The molecule has 4 heterocycles. The fourth-order valence-corrected chi connectivity index (χ4v) is 5.58. The molecule has 2 N–H and O–H groups in total. The predicted octanol–water partition coefficient (Wildman–Crippen LogP) is 3.63. The van der Waals surface area contributed by atoms with Crippen molar-refractivity contribution in [2.45, 2.75) is 12.8 Å². The Balaban J connectivity index is 0.000000275. The molecule has 53 heavy (non-hydrogen) atoms. The zero-order valence-electron chi connectivity index (χ0n) is 28.8. The SMILES string of the molecule is COC(=O)c1cc(Cc2cc(C(=O)O)ccn2)cc2cc(Cl)cnc12.COC(=O)c1ccnc(Cc2cc(C(=O)OC)c3ncc(Cl)cc3c2)c1.[Li+].[OH-]. The third-order valence-corrected chi connectivity index (χ3v) is 7.91. The van der Waals surface area contributed by atoms with Crippen LogP contribution in [0.4, 0.5) is 0 Å². The molecule has 0 unspecified atom stereocenters. The van der Waals surface area contributed by atoms with Gasteiger partial charge < -0.3 is 24.8 Å².